The lowest BCUT2D eigenvalue weighted by atomic mass is 9.93. The Morgan fingerprint density at radius 1 is 0.552 bits per heavy atom. The van der Waals surface area contributed by atoms with Crippen molar-refractivity contribution in [1.29, 1.82) is 0 Å². The lowest BCUT2D eigenvalue weighted by Crippen LogP contribution is -2.71. The van der Waals surface area contributed by atoms with Gasteiger partial charge in [-0.05, 0) is 36.8 Å². The second-order valence-electron chi connectivity index (χ2n) is 11.2. The van der Waals surface area contributed by atoms with Crippen LogP contribution < -0.4 is 0 Å². The van der Waals surface area contributed by atoms with Gasteiger partial charge in [0, 0.05) is 0 Å². The highest BCUT2D eigenvalue weighted by Crippen LogP contribution is 2.56. The summed E-state index contributed by atoms with van der Waals surface area (Å²) in [5.41, 5.74) is 1.66. The van der Waals surface area contributed by atoms with Crippen molar-refractivity contribution >= 4 is 16.1 Å². The van der Waals surface area contributed by atoms with E-state index in [1.807, 2.05) is 0 Å². The number of hydrogen-bond donors (Lipinski definition) is 0. The van der Waals surface area contributed by atoms with Crippen molar-refractivity contribution in [3.8, 4) is 0 Å². The van der Waals surface area contributed by atoms with E-state index in [0.29, 0.717) is 0 Å². The fraction of sp³-hybridized carbons (Fsp3) is 1.00. The van der Waals surface area contributed by atoms with Crippen molar-refractivity contribution in [3.63, 3.8) is 0 Å². The van der Waals surface area contributed by atoms with Crippen LogP contribution in [0.4, 0.5) is 0 Å². The van der Waals surface area contributed by atoms with Crippen LogP contribution in [0.3, 0.4) is 0 Å². The van der Waals surface area contributed by atoms with Gasteiger partial charge in [-0.3, -0.25) is 0 Å². The molecule has 0 N–H and O–H groups in total. The summed E-state index contributed by atoms with van der Waals surface area (Å²) in [4.78, 5) is 0. The molecule has 0 bridgehead atoms. The molecule has 172 valence electrons. The van der Waals surface area contributed by atoms with Crippen LogP contribution in [0.15, 0.2) is 0 Å². The summed E-state index contributed by atoms with van der Waals surface area (Å²) in [6.07, 6.45) is 14.0. The molecular weight excluding hydrogens is 384 g/mol. The van der Waals surface area contributed by atoms with Gasteiger partial charge in [0.2, 0.25) is 0 Å². The minimum Gasteiger partial charge on any atom is -0.375 e. The zero-order valence-electron chi connectivity index (χ0n) is 21.5. The number of hydrogen-bond acceptors (Lipinski definition) is 1. The summed E-state index contributed by atoms with van der Waals surface area (Å²) in [5.74, 6) is 0. The quantitative estimate of drug-likeness (QED) is 0.309. The van der Waals surface area contributed by atoms with Gasteiger partial charge in [-0.1, -0.05) is 118 Å². The minimum absolute atomic E-state index is 0.248. The van der Waals surface area contributed by atoms with Crippen molar-refractivity contribution in [2.75, 3.05) is 0 Å². The zero-order chi connectivity index (χ0) is 21.8. The van der Waals surface area contributed by atoms with Gasteiger partial charge in [0.25, 0.3) is 0 Å². The first-order valence-electron chi connectivity index (χ1n) is 13.5. The lowest BCUT2D eigenvalue weighted by Gasteiger charge is -2.62. The standard InChI is InChI=1S/C26H54OSi2/c1-9-28(10-2,23(5)6)25(19-15-13-16-20-25)27-26(21-17-14-18-22-26)29(11-3,12-4)24(7)8/h23-24H,9-22H2,1-8H3. The average molecular weight is 439 g/mol. The van der Waals surface area contributed by atoms with Gasteiger partial charge in [0.1, 0.15) is 0 Å². The molecule has 0 spiro atoms. The summed E-state index contributed by atoms with van der Waals surface area (Å²) in [7, 11) is -3.08. The largest absolute Gasteiger partial charge is 0.375 e. The van der Waals surface area contributed by atoms with Crippen LogP contribution in [0.2, 0.25) is 35.3 Å². The maximum Gasteiger partial charge on any atom is 0.0935 e. The maximum absolute atomic E-state index is 8.05. The summed E-state index contributed by atoms with van der Waals surface area (Å²) in [6, 6.07) is 5.63. The summed E-state index contributed by atoms with van der Waals surface area (Å²) in [5, 5.41) is 0.496. The minimum atomic E-state index is -1.54. The Morgan fingerprint density at radius 3 is 1.03 bits per heavy atom. The molecule has 0 aromatic heterocycles. The Bertz CT molecular complexity index is 435. The van der Waals surface area contributed by atoms with Crippen molar-refractivity contribution < 1.29 is 4.74 Å². The third-order valence-corrected chi connectivity index (χ3v) is 24.6. The first-order valence-corrected chi connectivity index (χ1v) is 18.4. The van der Waals surface area contributed by atoms with E-state index < -0.39 is 16.1 Å². The molecule has 0 amide bonds. The molecule has 0 aromatic rings. The average Bonchev–Trinajstić information content (AvgIpc) is 2.71. The van der Waals surface area contributed by atoms with Gasteiger partial charge in [-0.2, -0.15) is 0 Å². The highest BCUT2D eigenvalue weighted by atomic mass is 28.3. The molecular formula is C26H54OSi2. The smallest absolute Gasteiger partial charge is 0.0935 e. The van der Waals surface area contributed by atoms with Crippen molar-refractivity contribution in [2.45, 2.75) is 165 Å². The number of rotatable bonds is 10. The summed E-state index contributed by atoms with van der Waals surface area (Å²) in [6.45, 7) is 20.3. The predicted molar refractivity (Wildman–Crippen MR) is 136 cm³/mol. The van der Waals surface area contributed by atoms with E-state index in [0.717, 1.165) is 11.1 Å². The number of ether oxygens (including phenoxy) is 1. The lowest BCUT2D eigenvalue weighted by molar-refractivity contribution is -0.114. The van der Waals surface area contributed by atoms with E-state index in [9.17, 15) is 0 Å². The van der Waals surface area contributed by atoms with Gasteiger partial charge >= 0.3 is 0 Å². The van der Waals surface area contributed by atoms with Gasteiger partial charge in [0.05, 0.1) is 26.6 Å². The van der Waals surface area contributed by atoms with Gasteiger partial charge in [-0.15, -0.1) is 0 Å². The second kappa shape index (κ2) is 10.3. The predicted octanol–water partition coefficient (Wildman–Crippen LogP) is 9.28. The molecule has 0 saturated heterocycles. The fourth-order valence-corrected chi connectivity index (χ4v) is 21.0. The highest BCUT2D eigenvalue weighted by molar-refractivity contribution is 6.85. The van der Waals surface area contributed by atoms with Crippen LogP contribution in [0.1, 0.15) is 120 Å². The summed E-state index contributed by atoms with van der Waals surface area (Å²) >= 11 is 0. The molecule has 0 aliphatic heterocycles. The van der Waals surface area contributed by atoms with E-state index in [1.54, 1.807) is 0 Å². The van der Waals surface area contributed by atoms with E-state index in [-0.39, 0.29) is 10.4 Å². The molecule has 2 aliphatic carbocycles. The first-order chi connectivity index (χ1) is 13.8. The van der Waals surface area contributed by atoms with Gasteiger partial charge < -0.3 is 4.74 Å². The van der Waals surface area contributed by atoms with Crippen molar-refractivity contribution in [1.82, 2.24) is 0 Å². The Hall–Kier alpha value is 0.394. The van der Waals surface area contributed by atoms with Gasteiger partial charge in [0.15, 0.2) is 0 Å². The van der Waals surface area contributed by atoms with Crippen LogP contribution in [0.5, 0.6) is 0 Å². The molecule has 2 saturated carbocycles. The Morgan fingerprint density at radius 2 is 0.828 bits per heavy atom. The van der Waals surface area contributed by atoms with Crippen molar-refractivity contribution in [2.24, 2.45) is 0 Å². The molecule has 29 heavy (non-hydrogen) atoms. The third kappa shape index (κ3) is 4.23. The maximum atomic E-state index is 8.05. The van der Waals surface area contributed by atoms with E-state index >= 15 is 0 Å². The Kier molecular flexibility index (Phi) is 9.15. The molecule has 0 aromatic carbocycles. The van der Waals surface area contributed by atoms with E-state index in [2.05, 4.69) is 55.4 Å². The SMILES string of the molecule is CC[Si](CC)(C(C)C)C1(OC2([Si](CC)(CC)C(C)C)CCCCC2)CCCCC1. The molecule has 0 heterocycles. The second-order valence-corrected chi connectivity index (χ2v) is 22.8. The molecule has 2 rings (SSSR count). The van der Waals surface area contributed by atoms with Crippen molar-refractivity contribution in [3.05, 3.63) is 0 Å². The highest BCUT2D eigenvalue weighted by Gasteiger charge is 2.61. The molecule has 0 unspecified atom stereocenters. The fourth-order valence-electron chi connectivity index (χ4n) is 8.50. The molecule has 2 aliphatic rings. The molecule has 0 radical (unpaired) electrons. The first kappa shape index (κ1) is 25.7. The monoisotopic (exact) mass is 438 g/mol. The molecule has 3 heteroatoms. The topological polar surface area (TPSA) is 9.23 Å². The zero-order valence-corrected chi connectivity index (χ0v) is 23.5. The molecule has 2 fully saturated rings. The molecule has 1 nitrogen and oxygen atoms in total. The summed E-state index contributed by atoms with van der Waals surface area (Å²) < 4.78 is 8.05. The van der Waals surface area contributed by atoms with Gasteiger partial charge in [-0.25, -0.2) is 0 Å². The third-order valence-electron chi connectivity index (χ3n) is 10.3. The van der Waals surface area contributed by atoms with Crippen LogP contribution in [-0.2, 0) is 4.74 Å². The molecule has 0 atom stereocenters. The van der Waals surface area contributed by atoms with Crippen LogP contribution >= 0.6 is 0 Å². The van der Waals surface area contributed by atoms with E-state index in [1.165, 1.54) is 88.4 Å². The van der Waals surface area contributed by atoms with E-state index in [4.69, 9.17) is 4.74 Å². The Labute approximate surface area is 186 Å². The normalized spacial score (nSPS) is 23.0. The van der Waals surface area contributed by atoms with Crippen LogP contribution in [-0.4, -0.2) is 26.6 Å². The van der Waals surface area contributed by atoms with Crippen LogP contribution in [0, 0.1) is 0 Å². The van der Waals surface area contributed by atoms with Crippen LogP contribution in [0.25, 0.3) is 0 Å². The Balaban J connectivity index is 2.63.